The number of nitrogens with one attached hydrogen (secondary N) is 1. The molecular weight excluding hydrogens is 455 g/mol. The Morgan fingerprint density at radius 3 is 2.74 bits per heavy atom. The van der Waals surface area contributed by atoms with E-state index in [4.69, 9.17) is 11.6 Å². The predicted molar refractivity (Wildman–Crippen MR) is 133 cm³/mol. The minimum Gasteiger partial charge on any atom is -0.353 e. The van der Waals surface area contributed by atoms with Gasteiger partial charge < -0.3 is 20.0 Å². The van der Waals surface area contributed by atoms with Crippen LogP contribution in [0.5, 0.6) is 0 Å². The molecule has 1 fully saturated rings. The molecule has 1 aromatic heterocycles. The second-order valence-electron chi connectivity index (χ2n) is 9.53. The van der Waals surface area contributed by atoms with E-state index in [-0.39, 0.29) is 11.1 Å². The molecule has 1 aromatic carbocycles. The summed E-state index contributed by atoms with van der Waals surface area (Å²) in [5.41, 5.74) is 3.16. The van der Waals surface area contributed by atoms with Crippen molar-refractivity contribution >= 4 is 23.4 Å². The zero-order chi connectivity index (χ0) is 24.2. The molecule has 0 saturated carbocycles. The Hall–Kier alpha value is -2.45. The highest BCUT2D eigenvalue weighted by Gasteiger charge is 2.30. The maximum Gasteiger partial charge on any atom is 0.320 e. The molecule has 7 nitrogen and oxygen atoms in total. The maximum absolute atomic E-state index is 14.0. The lowest BCUT2D eigenvalue weighted by Crippen LogP contribution is -2.54. The molecule has 2 aromatic rings. The highest BCUT2D eigenvalue weighted by Crippen LogP contribution is 2.37. The summed E-state index contributed by atoms with van der Waals surface area (Å²) in [6, 6.07) is 5.03. The second kappa shape index (κ2) is 10.9. The van der Waals surface area contributed by atoms with Crippen LogP contribution in [0.25, 0.3) is 0 Å². The van der Waals surface area contributed by atoms with E-state index in [9.17, 15) is 9.18 Å². The zero-order valence-electron chi connectivity index (χ0n) is 20.2. The Bertz CT molecular complexity index is 1010. The summed E-state index contributed by atoms with van der Waals surface area (Å²) in [5.74, 6) is 1.03. The van der Waals surface area contributed by atoms with Gasteiger partial charge in [-0.1, -0.05) is 38.4 Å². The van der Waals surface area contributed by atoms with Crippen LogP contribution in [0.1, 0.15) is 49.9 Å². The van der Waals surface area contributed by atoms with Crippen molar-refractivity contribution in [2.75, 3.05) is 44.2 Å². The molecule has 9 heteroatoms. The molecule has 1 saturated heterocycles. The van der Waals surface area contributed by atoms with Gasteiger partial charge >= 0.3 is 6.03 Å². The molecule has 0 unspecified atom stereocenters. The number of anilines is 1. The molecule has 1 aliphatic carbocycles. The van der Waals surface area contributed by atoms with Crippen molar-refractivity contribution in [2.24, 2.45) is 0 Å². The lowest BCUT2D eigenvalue weighted by atomic mass is 10.1. The first-order valence-corrected chi connectivity index (χ1v) is 12.5. The molecule has 1 atom stereocenters. The summed E-state index contributed by atoms with van der Waals surface area (Å²) in [6.45, 7) is 10.6. The van der Waals surface area contributed by atoms with Gasteiger partial charge in [0, 0.05) is 63.1 Å². The van der Waals surface area contributed by atoms with Crippen LogP contribution >= 0.6 is 11.6 Å². The van der Waals surface area contributed by atoms with Crippen molar-refractivity contribution < 1.29 is 9.18 Å². The van der Waals surface area contributed by atoms with Crippen LogP contribution in [0.2, 0.25) is 5.02 Å². The molecule has 2 heterocycles. The number of aromatic nitrogens is 2. The van der Waals surface area contributed by atoms with Crippen LogP contribution in [0.4, 0.5) is 15.0 Å². The second-order valence-corrected chi connectivity index (χ2v) is 9.94. The van der Waals surface area contributed by atoms with Crippen molar-refractivity contribution in [1.29, 1.82) is 0 Å². The number of aryl methyl sites for hydroxylation is 1. The first-order valence-electron chi connectivity index (χ1n) is 12.1. The third-order valence-electron chi connectivity index (χ3n) is 6.66. The van der Waals surface area contributed by atoms with Gasteiger partial charge in [0.1, 0.15) is 18.0 Å². The van der Waals surface area contributed by atoms with Crippen molar-refractivity contribution in [3.05, 3.63) is 52.2 Å². The molecule has 0 spiro atoms. The van der Waals surface area contributed by atoms with E-state index >= 15 is 0 Å². The van der Waals surface area contributed by atoms with Crippen LogP contribution < -0.4 is 10.2 Å². The SMILES string of the molecule is CC(C)NCCN(Cc1ccc(Cl)c(F)c1)C(=O)N1CCN(c2ncnc3c2[C@H](C)CC3)CC1. The average molecular weight is 489 g/mol. The highest BCUT2D eigenvalue weighted by atomic mass is 35.5. The number of carbonyl (C=O) groups excluding carboxylic acids is 1. The van der Waals surface area contributed by atoms with Crippen LogP contribution in [0, 0.1) is 5.82 Å². The molecule has 0 bridgehead atoms. The largest absolute Gasteiger partial charge is 0.353 e. The smallest absolute Gasteiger partial charge is 0.320 e. The summed E-state index contributed by atoms with van der Waals surface area (Å²) in [4.78, 5) is 28.5. The molecule has 1 aliphatic heterocycles. The number of carbonyl (C=O) groups is 1. The van der Waals surface area contributed by atoms with E-state index in [1.54, 1.807) is 23.4 Å². The number of rotatable bonds is 7. The van der Waals surface area contributed by atoms with E-state index in [2.05, 4.69) is 41.0 Å². The topological polar surface area (TPSA) is 64.6 Å². The fourth-order valence-electron chi connectivity index (χ4n) is 4.77. The first kappa shape index (κ1) is 24.7. The van der Waals surface area contributed by atoms with Gasteiger partial charge in [-0.05, 0) is 36.5 Å². The summed E-state index contributed by atoms with van der Waals surface area (Å²) in [5, 5.41) is 3.45. The summed E-state index contributed by atoms with van der Waals surface area (Å²) < 4.78 is 14.0. The minimum atomic E-state index is -0.466. The first-order chi connectivity index (χ1) is 16.3. The summed E-state index contributed by atoms with van der Waals surface area (Å²) >= 11 is 5.84. The number of nitrogens with zero attached hydrogens (tertiary/aromatic N) is 5. The number of benzene rings is 1. The van der Waals surface area contributed by atoms with E-state index in [1.807, 2.05) is 4.90 Å². The lowest BCUT2D eigenvalue weighted by molar-refractivity contribution is 0.147. The van der Waals surface area contributed by atoms with E-state index in [0.717, 1.165) is 43.0 Å². The van der Waals surface area contributed by atoms with Gasteiger partial charge in [0.05, 0.1) is 5.02 Å². The van der Waals surface area contributed by atoms with Crippen molar-refractivity contribution in [2.45, 2.75) is 52.1 Å². The summed E-state index contributed by atoms with van der Waals surface area (Å²) in [6.07, 6.45) is 3.79. The van der Waals surface area contributed by atoms with E-state index in [0.29, 0.717) is 44.7 Å². The Labute approximate surface area is 206 Å². The van der Waals surface area contributed by atoms with Gasteiger partial charge in [-0.2, -0.15) is 0 Å². The van der Waals surface area contributed by atoms with E-state index < -0.39 is 5.82 Å². The molecule has 0 radical (unpaired) electrons. The fraction of sp³-hybridized carbons (Fsp3) is 0.560. The Morgan fingerprint density at radius 1 is 1.26 bits per heavy atom. The van der Waals surface area contributed by atoms with Gasteiger partial charge in [-0.25, -0.2) is 19.2 Å². The molecule has 184 valence electrons. The molecule has 2 amide bonds. The van der Waals surface area contributed by atoms with Gasteiger partial charge in [-0.15, -0.1) is 0 Å². The predicted octanol–water partition coefficient (Wildman–Crippen LogP) is 4.06. The van der Waals surface area contributed by atoms with Crippen LogP contribution in [0.3, 0.4) is 0 Å². The normalized spacial score (nSPS) is 17.9. The minimum absolute atomic E-state index is 0.0261. The number of amides is 2. The van der Waals surface area contributed by atoms with Gasteiger partial charge in [0.25, 0.3) is 0 Å². The molecule has 34 heavy (non-hydrogen) atoms. The third-order valence-corrected chi connectivity index (χ3v) is 6.97. The van der Waals surface area contributed by atoms with Crippen molar-refractivity contribution in [3.63, 3.8) is 0 Å². The number of hydrogen-bond donors (Lipinski definition) is 1. The lowest BCUT2D eigenvalue weighted by Gasteiger charge is -2.39. The highest BCUT2D eigenvalue weighted by molar-refractivity contribution is 6.30. The Kier molecular flexibility index (Phi) is 7.88. The molecular formula is C25H34ClFN6O. The third kappa shape index (κ3) is 5.61. The number of halogens is 2. The number of fused-ring (bicyclic) bond motifs is 1. The molecule has 1 N–H and O–H groups in total. The average Bonchev–Trinajstić information content (AvgIpc) is 3.21. The summed E-state index contributed by atoms with van der Waals surface area (Å²) in [7, 11) is 0. The number of piperazine rings is 1. The van der Waals surface area contributed by atoms with Gasteiger partial charge in [-0.3, -0.25) is 0 Å². The maximum atomic E-state index is 14.0. The number of urea groups is 1. The van der Waals surface area contributed by atoms with E-state index in [1.165, 1.54) is 11.6 Å². The van der Waals surface area contributed by atoms with Crippen LogP contribution in [0.15, 0.2) is 24.5 Å². The molecule has 2 aliphatic rings. The van der Waals surface area contributed by atoms with Crippen LogP contribution in [-0.2, 0) is 13.0 Å². The Balaban J connectivity index is 1.42. The fourth-order valence-corrected chi connectivity index (χ4v) is 4.89. The standard InChI is InChI=1S/C25H34ClFN6O/c1-17(2)28-8-9-33(15-19-5-6-20(26)21(27)14-19)25(34)32-12-10-31(11-13-32)24-23-18(3)4-7-22(23)29-16-30-24/h5-6,14,16-18,28H,4,7-13,15H2,1-3H3/t18-/m1/s1. The van der Waals surface area contributed by atoms with Crippen LogP contribution in [-0.4, -0.2) is 71.1 Å². The van der Waals surface area contributed by atoms with Crippen molar-refractivity contribution in [1.82, 2.24) is 25.1 Å². The number of hydrogen-bond acceptors (Lipinski definition) is 5. The van der Waals surface area contributed by atoms with Gasteiger partial charge in [0.2, 0.25) is 0 Å². The monoisotopic (exact) mass is 488 g/mol. The van der Waals surface area contributed by atoms with Gasteiger partial charge in [0.15, 0.2) is 0 Å². The Morgan fingerprint density at radius 2 is 2.03 bits per heavy atom. The van der Waals surface area contributed by atoms with Crippen molar-refractivity contribution in [3.8, 4) is 0 Å². The zero-order valence-corrected chi connectivity index (χ0v) is 21.0. The molecule has 4 rings (SSSR count). The quantitative estimate of drug-likeness (QED) is 0.636.